The maximum absolute atomic E-state index is 11.6. The predicted octanol–water partition coefficient (Wildman–Crippen LogP) is 2.97. The van der Waals surface area contributed by atoms with E-state index in [0.29, 0.717) is 39.8 Å². The van der Waals surface area contributed by atoms with E-state index in [9.17, 15) is 14.7 Å². The zero-order valence-corrected chi connectivity index (χ0v) is 16.2. The number of aromatic nitrogens is 4. The van der Waals surface area contributed by atoms with Crippen LogP contribution in [0.1, 0.15) is 41.3 Å². The smallest absolute Gasteiger partial charge is 0.336 e. The summed E-state index contributed by atoms with van der Waals surface area (Å²) in [6, 6.07) is 1.52. The number of hydrogen-bond donors (Lipinski definition) is 1. The first-order valence-corrected chi connectivity index (χ1v) is 9.19. The Labute approximate surface area is 159 Å². The molecule has 3 aromatic heterocycles. The predicted molar refractivity (Wildman–Crippen MR) is 105 cm³/mol. The van der Waals surface area contributed by atoms with Crippen molar-refractivity contribution in [2.45, 2.75) is 20.8 Å². The highest BCUT2D eigenvalue weighted by atomic mass is 32.1. The van der Waals surface area contributed by atoms with E-state index in [4.69, 9.17) is 0 Å². The van der Waals surface area contributed by atoms with Crippen molar-refractivity contribution in [2.75, 3.05) is 11.4 Å². The first kappa shape index (κ1) is 18.7. The third-order valence-corrected chi connectivity index (χ3v) is 4.96. The van der Waals surface area contributed by atoms with Gasteiger partial charge in [0.15, 0.2) is 10.8 Å². The van der Waals surface area contributed by atoms with Crippen LogP contribution in [0.15, 0.2) is 11.4 Å². The van der Waals surface area contributed by atoms with E-state index in [2.05, 4.69) is 15.1 Å². The number of aryl methyl sites for hydroxylation is 2. The second-order valence-electron chi connectivity index (χ2n) is 5.96. The van der Waals surface area contributed by atoms with Crippen molar-refractivity contribution in [1.29, 1.82) is 0 Å². The number of carboxylic acids is 1. The molecule has 0 saturated heterocycles. The highest BCUT2D eigenvalue weighted by molar-refractivity contribution is 7.14. The van der Waals surface area contributed by atoms with Crippen LogP contribution in [0.5, 0.6) is 0 Å². The first-order chi connectivity index (χ1) is 12.8. The van der Waals surface area contributed by atoms with Crippen molar-refractivity contribution in [3.63, 3.8) is 0 Å². The monoisotopic (exact) mass is 385 g/mol. The molecule has 3 heterocycles. The number of carboxylic acid groups (broad SMARTS) is 1. The van der Waals surface area contributed by atoms with E-state index in [1.165, 1.54) is 24.3 Å². The summed E-state index contributed by atoms with van der Waals surface area (Å²) in [4.78, 5) is 33.8. The summed E-state index contributed by atoms with van der Waals surface area (Å²) in [6.07, 6.45) is 3.45. The molecule has 0 unspecified atom stereocenters. The van der Waals surface area contributed by atoms with E-state index >= 15 is 0 Å². The largest absolute Gasteiger partial charge is 0.478 e. The third-order valence-electron chi connectivity index (χ3n) is 4.08. The number of rotatable bonds is 5. The Morgan fingerprint density at radius 3 is 2.63 bits per heavy atom. The van der Waals surface area contributed by atoms with Crippen molar-refractivity contribution in [3.05, 3.63) is 34.1 Å². The van der Waals surface area contributed by atoms with Gasteiger partial charge in [-0.05, 0) is 32.1 Å². The topological polar surface area (TPSA) is 101 Å². The van der Waals surface area contributed by atoms with Crippen molar-refractivity contribution in [2.24, 2.45) is 7.05 Å². The van der Waals surface area contributed by atoms with Gasteiger partial charge in [0.1, 0.15) is 0 Å². The highest BCUT2D eigenvalue weighted by Crippen LogP contribution is 2.24. The molecule has 0 spiro atoms. The molecule has 0 bridgehead atoms. The minimum absolute atomic E-state index is 0.0628. The molecule has 0 aromatic carbocycles. The molecule has 0 aliphatic carbocycles. The lowest BCUT2D eigenvalue weighted by molar-refractivity contribution is -0.116. The van der Waals surface area contributed by atoms with Crippen LogP contribution in [0.2, 0.25) is 0 Å². The number of aromatic carboxylic acids is 1. The lowest BCUT2D eigenvalue weighted by Crippen LogP contribution is -2.27. The molecule has 0 radical (unpaired) electrons. The van der Waals surface area contributed by atoms with Crippen LogP contribution in [0, 0.1) is 6.92 Å². The van der Waals surface area contributed by atoms with Crippen LogP contribution < -0.4 is 4.90 Å². The molecular weight excluding hydrogens is 366 g/mol. The highest BCUT2D eigenvalue weighted by Gasteiger charge is 2.17. The number of hydrogen-bond acceptors (Lipinski definition) is 6. The zero-order valence-electron chi connectivity index (χ0n) is 15.4. The van der Waals surface area contributed by atoms with E-state index < -0.39 is 5.97 Å². The van der Waals surface area contributed by atoms with Crippen molar-refractivity contribution in [3.8, 4) is 0 Å². The van der Waals surface area contributed by atoms with Gasteiger partial charge >= 0.3 is 5.97 Å². The SMILES string of the molecule is CCN(C(C)=O)c1nc(/C=C/c2cc(C(=O)O)c3c(C)nn(C)c3n2)cs1. The van der Waals surface area contributed by atoms with Crippen molar-refractivity contribution >= 4 is 51.5 Å². The van der Waals surface area contributed by atoms with Gasteiger partial charge in [-0.3, -0.25) is 14.4 Å². The Morgan fingerprint density at radius 2 is 2.00 bits per heavy atom. The normalized spacial score (nSPS) is 11.4. The summed E-state index contributed by atoms with van der Waals surface area (Å²) in [5.41, 5.74) is 2.48. The van der Waals surface area contributed by atoms with Gasteiger partial charge in [-0.1, -0.05) is 0 Å². The Kier molecular flexibility index (Phi) is 5.04. The number of nitrogens with zero attached hydrogens (tertiary/aromatic N) is 5. The Bertz CT molecular complexity index is 1070. The minimum Gasteiger partial charge on any atom is -0.478 e. The van der Waals surface area contributed by atoms with Crippen molar-refractivity contribution < 1.29 is 14.7 Å². The molecule has 3 rings (SSSR count). The molecule has 1 N–H and O–H groups in total. The molecule has 0 atom stereocenters. The van der Waals surface area contributed by atoms with E-state index in [-0.39, 0.29) is 11.5 Å². The summed E-state index contributed by atoms with van der Waals surface area (Å²) in [6.45, 7) is 5.70. The summed E-state index contributed by atoms with van der Waals surface area (Å²) in [5, 5.41) is 16.8. The fraction of sp³-hybridized carbons (Fsp3) is 0.278. The number of anilines is 1. The quantitative estimate of drug-likeness (QED) is 0.724. The summed E-state index contributed by atoms with van der Waals surface area (Å²) in [5.74, 6) is -1.09. The second kappa shape index (κ2) is 7.28. The van der Waals surface area contributed by atoms with Gasteiger partial charge in [0.25, 0.3) is 0 Å². The maximum Gasteiger partial charge on any atom is 0.336 e. The van der Waals surface area contributed by atoms with Gasteiger partial charge in [0, 0.05) is 25.9 Å². The standard InChI is InChI=1S/C18H19N5O3S/c1-5-23(11(3)24)18-20-13(9-27-18)7-6-12-8-14(17(25)26)15-10(2)21-22(4)16(15)19-12/h6-9H,5H2,1-4H3,(H,25,26)/b7-6+. The zero-order chi connectivity index (χ0) is 19.7. The third kappa shape index (κ3) is 3.59. The van der Waals surface area contributed by atoms with Gasteiger partial charge in [0.05, 0.1) is 28.0 Å². The van der Waals surface area contributed by atoms with E-state index in [1.807, 2.05) is 12.3 Å². The molecule has 8 nitrogen and oxygen atoms in total. The minimum atomic E-state index is -1.02. The van der Waals surface area contributed by atoms with Gasteiger partial charge < -0.3 is 5.11 Å². The Hall–Kier alpha value is -3.07. The van der Waals surface area contributed by atoms with E-state index in [0.717, 1.165) is 0 Å². The molecule has 140 valence electrons. The fourth-order valence-corrected chi connectivity index (χ4v) is 3.76. The molecule has 0 aliphatic rings. The number of thiazole rings is 1. The average molecular weight is 385 g/mol. The van der Waals surface area contributed by atoms with Gasteiger partial charge in [0.2, 0.25) is 5.91 Å². The summed E-state index contributed by atoms with van der Waals surface area (Å²) < 4.78 is 1.57. The van der Waals surface area contributed by atoms with Crippen LogP contribution in [-0.4, -0.2) is 43.3 Å². The number of pyridine rings is 1. The molecular formula is C18H19N5O3S. The lowest BCUT2D eigenvalue weighted by Gasteiger charge is -2.14. The van der Waals surface area contributed by atoms with Crippen LogP contribution in [0.4, 0.5) is 5.13 Å². The fourth-order valence-electron chi connectivity index (χ4n) is 2.86. The molecule has 0 aliphatic heterocycles. The Morgan fingerprint density at radius 1 is 1.30 bits per heavy atom. The number of amides is 1. The molecule has 9 heteroatoms. The summed E-state index contributed by atoms with van der Waals surface area (Å²) in [7, 11) is 1.73. The second-order valence-corrected chi connectivity index (χ2v) is 6.80. The van der Waals surface area contributed by atoms with Crippen LogP contribution in [0.3, 0.4) is 0 Å². The average Bonchev–Trinajstić information content (AvgIpc) is 3.18. The molecule has 1 amide bonds. The van der Waals surface area contributed by atoms with Gasteiger partial charge in [-0.15, -0.1) is 11.3 Å². The molecule has 0 saturated carbocycles. The lowest BCUT2D eigenvalue weighted by atomic mass is 10.1. The molecule has 3 aromatic rings. The molecule has 27 heavy (non-hydrogen) atoms. The van der Waals surface area contributed by atoms with E-state index in [1.54, 1.807) is 35.7 Å². The number of carbonyl (C=O) groups is 2. The van der Waals surface area contributed by atoms with Crippen LogP contribution in [0.25, 0.3) is 23.2 Å². The van der Waals surface area contributed by atoms with Crippen molar-refractivity contribution in [1.82, 2.24) is 19.7 Å². The van der Waals surface area contributed by atoms with Gasteiger partial charge in [-0.2, -0.15) is 5.10 Å². The molecule has 0 fully saturated rings. The number of carbonyl (C=O) groups excluding carboxylic acids is 1. The maximum atomic E-state index is 11.6. The first-order valence-electron chi connectivity index (χ1n) is 8.31. The van der Waals surface area contributed by atoms with Crippen LogP contribution in [-0.2, 0) is 11.8 Å². The Balaban J connectivity index is 1.97. The summed E-state index contributed by atoms with van der Waals surface area (Å²) >= 11 is 1.38. The van der Waals surface area contributed by atoms with Gasteiger partial charge in [-0.25, -0.2) is 14.8 Å². The number of fused-ring (bicyclic) bond motifs is 1. The van der Waals surface area contributed by atoms with Crippen LogP contribution >= 0.6 is 11.3 Å².